The summed E-state index contributed by atoms with van der Waals surface area (Å²) >= 11 is 0. The van der Waals surface area contributed by atoms with Gasteiger partial charge in [0.05, 0.1) is 5.41 Å². The fraction of sp³-hybridized carbons (Fsp3) is 0.229. The lowest BCUT2D eigenvalue weighted by molar-refractivity contribution is -0.138. The second kappa shape index (κ2) is 6.57. The number of Topliss-reactive ketones (excluding diaryl/α,β-unsaturated/α-hetero) is 1. The average molecular weight is 481 g/mol. The molecule has 6 atom stereocenters. The third kappa shape index (κ3) is 2.01. The Morgan fingerprint density at radius 1 is 0.622 bits per heavy atom. The van der Waals surface area contributed by atoms with E-state index in [1.54, 1.807) is 0 Å². The maximum atomic E-state index is 15.0. The van der Waals surface area contributed by atoms with E-state index >= 15 is 4.79 Å². The highest BCUT2D eigenvalue weighted by Gasteiger charge is 2.95. The van der Waals surface area contributed by atoms with E-state index in [-0.39, 0.29) is 17.6 Å². The third-order valence-corrected chi connectivity index (χ3v) is 10.5. The third-order valence-electron chi connectivity index (χ3n) is 10.5. The Morgan fingerprint density at radius 2 is 1.14 bits per heavy atom. The number of carbonyl (C=O) groups is 1. The maximum Gasteiger partial charge on any atom is 0.148 e. The molecule has 4 aliphatic carbocycles. The molecule has 180 valence electrons. The van der Waals surface area contributed by atoms with Crippen LogP contribution in [-0.4, -0.2) is 16.5 Å². The van der Waals surface area contributed by atoms with Gasteiger partial charge in [0.2, 0.25) is 0 Å². The van der Waals surface area contributed by atoms with Gasteiger partial charge in [0, 0.05) is 22.7 Å². The normalized spacial score (nSPS) is 36.4. The quantitative estimate of drug-likeness (QED) is 0.356. The molecule has 4 aromatic carbocycles. The molecule has 2 nitrogen and oxygen atoms in total. The minimum atomic E-state index is -1.21. The first-order chi connectivity index (χ1) is 17.9. The molecule has 2 fully saturated rings. The smallest absolute Gasteiger partial charge is 0.148 e. The number of hydrogen-bond donors (Lipinski definition) is 1. The lowest BCUT2D eigenvalue weighted by atomic mass is 9.53. The van der Waals surface area contributed by atoms with Gasteiger partial charge in [-0.25, -0.2) is 0 Å². The molecule has 4 bridgehead atoms. The Bertz CT molecular complexity index is 1640. The van der Waals surface area contributed by atoms with Crippen LogP contribution in [0, 0.1) is 16.7 Å². The summed E-state index contributed by atoms with van der Waals surface area (Å²) < 4.78 is 0. The van der Waals surface area contributed by atoms with Crippen LogP contribution in [0.4, 0.5) is 0 Å². The Hall–Kier alpha value is -3.75. The highest BCUT2D eigenvalue weighted by Crippen LogP contribution is 2.91. The number of hydrogen-bond acceptors (Lipinski definition) is 2. The summed E-state index contributed by atoms with van der Waals surface area (Å²) in [5.74, 6) is -0.401. The zero-order valence-electron chi connectivity index (χ0n) is 21.0. The van der Waals surface area contributed by atoms with Gasteiger partial charge in [-0.3, -0.25) is 4.79 Å². The van der Waals surface area contributed by atoms with Crippen molar-refractivity contribution in [2.45, 2.75) is 30.8 Å². The highest BCUT2D eigenvalue weighted by molar-refractivity contribution is 6.18. The zero-order valence-corrected chi connectivity index (χ0v) is 21.0. The van der Waals surface area contributed by atoms with Gasteiger partial charge in [-0.2, -0.15) is 0 Å². The molecule has 2 heteroatoms. The molecule has 0 radical (unpaired) electrons. The molecule has 4 aromatic rings. The fourth-order valence-electron chi connectivity index (χ4n) is 9.30. The monoisotopic (exact) mass is 480 g/mol. The topological polar surface area (TPSA) is 37.3 Å². The predicted octanol–water partition coefficient (Wildman–Crippen LogP) is 6.65. The average Bonchev–Trinajstić information content (AvgIpc) is 3.50. The summed E-state index contributed by atoms with van der Waals surface area (Å²) in [5, 5.41) is 13.5. The van der Waals surface area contributed by atoms with Crippen LogP contribution in [-0.2, 0) is 10.2 Å². The number of rotatable bonds is 3. The second-order valence-electron chi connectivity index (χ2n) is 11.6. The van der Waals surface area contributed by atoms with Gasteiger partial charge in [0.1, 0.15) is 11.4 Å². The number of allylic oxidation sites excluding steroid dienone is 1. The molecule has 0 amide bonds. The van der Waals surface area contributed by atoms with Crippen LogP contribution in [0.15, 0.2) is 115 Å². The van der Waals surface area contributed by atoms with Crippen molar-refractivity contribution in [1.82, 2.24) is 0 Å². The number of carbonyl (C=O) groups excluding carboxylic acids is 1. The SMILES string of the molecule is CC12C(=O)C3C4(c5ccccc5)c5ccccc5C1C(O)(C(c1ccccc1)=C2c1ccccc1)C34C. The maximum absolute atomic E-state index is 15.0. The molecule has 2 saturated carbocycles. The zero-order chi connectivity index (χ0) is 25.2. The van der Waals surface area contributed by atoms with E-state index in [4.69, 9.17) is 0 Å². The van der Waals surface area contributed by atoms with Crippen molar-refractivity contribution < 1.29 is 9.90 Å². The van der Waals surface area contributed by atoms with Crippen LogP contribution in [0.25, 0.3) is 11.1 Å². The largest absolute Gasteiger partial charge is 0.384 e. The van der Waals surface area contributed by atoms with Crippen molar-refractivity contribution in [3.8, 4) is 0 Å². The van der Waals surface area contributed by atoms with Crippen molar-refractivity contribution >= 4 is 16.9 Å². The van der Waals surface area contributed by atoms with Gasteiger partial charge in [-0.1, -0.05) is 122 Å². The Morgan fingerprint density at radius 3 is 1.76 bits per heavy atom. The molecule has 37 heavy (non-hydrogen) atoms. The van der Waals surface area contributed by atoms with Crippen molar-refractivity contribution in [2.75, 3.05) is 0 Å². The van der Waals surface area contributed by atoms with E-state index in [2.05, 4.69) is 86.6 Å². The molecular weight excluding hydrogens is 452 g/mol. The first-order valence-corrected chi connectivity index (χ1v) is 13.2. The first kappa shape index (κ1) is 21.3. The van der Waals surface area contributed by atoms with E-state index in [9.17, 15) is 5.11 Å². The van der Waals surface area contributed by atoms with Crippen LogP contribution in [0.2, 0.25) is 0 Å². The molecule has 0 heterocycles. The van der Waals surface area contributed by atoms with Gasteiger partial charge in [0.25, 0.3) is 0 Å². The van der Waals surface area contributed by atoms with Gasteiger partial charge < -0.3 is 5.11 Å². The summed E-state index contributed by atoms with van der Waals surface area (Å²) in [6.07, 6.45) is 0. The van der Waals surface area contributed by atoms with E-state index in [1.165, 1.54) is 5.56 Å². The second-order valence-corrected chi connectivity index (χ2v) is 11.6. The van der Waals surface area contributed by atoms with Crippen molar-refractivity contribution in [2.24, 2.45) is 16.7 Å². The van der Waals surface area contributed by atoms with E-state index in [0.29, 0.717) is 0 Å². The first-order valence-electron chi connectivity index (χ1n) is 13.2. The lowest BCUT2D eigenvalue weighted by Gasteiger charge is -2.51. The van der Waals surface area contributed by atoms with E-state index in [0.717, 1.165) is 33.4 Å². The summed E-state index contributed by atoms with van der Waals surface area (Å²) in [6.45, 7) is 4.29. The standard InChI is InChI=1S/C35H28O2/c1-32-27(22-14-6-3-7-15-22)28(23-16-8-4-9-17-23)35(37)29(32)25-20-12-13-21-26(25)34(24-18-10-5-11-19-24)30(31(32)36)33(34,35)2/h3-21,29-30,37H,1-2H3. The Balaban J connectivity index is 1.57. The molecule has 0 saturated heterocycles. The summed E-state index contributed by atoms with van der Waals surface area (Å²) in [5.41, 5.74) is 4.09. The summed E-state index contributed by atoms with van der Waals surface area (Å²) in [7, 11) is 0. The Kier molecular flexibility index (Phi) is 3.79. The van der Waals surface area contributed by atoms with Crippen molar-refractivity contribution in [1.29, 1.82) is 0 Å². The van der Waals surface area contributed by atoms with E-state index < -0.39 is 21.8 Å². The highest BCUT2D eigenvalue weighted by atomic mass is 16.3. The molecular formula is C35H28O2. The van der Waals surface area contributed by atoms with Crippen LogP contribution < -0.4 is 0 Å². The molecule has 0 aliphatic heterocycles. The summed E-state index contributed by atoms with van der Waals surface area (Å²) in [4.78, 5) is 15.0. The number of fused-ring (bicyclic) bond motifs is 3. The van der Waals surface area contributed by atoms with Gasteiger partial charge in [0.15, 0.2) is 0 Å². The van der Waals surface area contributed by atoms with Crippen LogP contribution in [0.1, 0.15) is 47.6 Å². The summed E-state index contributed by atoms with van der Waals surface area (Å²) in [6, 6.07) is 39.5. The van der Waals surface area contributed by atoms with Crippen LogP contribution >= 0.6 is 0 Å². The lowest BCUT2D eigenvalue weighted by Crippen LogP contribution is -2.56. The molecule has 0 spiro atoms. The number of ketones is 1. The predicted molar refractivity (Wildman–Crippen MR) is 146 cm³/mol. The molecule has 4 aliphatic rings. The van der Waals surface area contributed by atoms with Gasteiger partial charge in [-0.15, -0.1) is 0 Å². The fourth-order valence-corrected chi connectivity index (χ4v) is 9.30. The number of aliphatic hydroxyl groups is 1. The molecule has 8 rings (SSSR count). The molecule has 1 N–H and O–H groups in total. The minimum Gasteiger partial charge on any atom is -0.384 e. The van der Waals surface area contributed by atoms with Crippen molar-refractivity contribution in [3.63, 3.8) is 0 Å². The Labute approximate surface area is 217 Å². The molecule has 0 aromatic heterocycles. The van der Waals surface area contributed by atoms with Crippen LogP contribution in [0.3, 0.4) is 0 Å². The molecule has 6 unspecified atom stereocenters. The van der Waals surface area contributed by atoms with Gasteiger partial charge >= 0.3 is 0 Å². The minimum absolute atomic E-state index is 0.259. The van der Waals surface area contributed by atoms with E-state index in [1.807, 2.05) is 42.5 Å². The van der Waals surface area contributed by atoms with Crippen LogP contribution in [0.5, 0.6) is 0 Å². The van der Waals surface area contributed by atoms with Gasteiger partial charge in [-0.05, 0) is 45.9 Å². The van der Waals surface area contributed by atoms with Crippen molar-refractivity contribution in [3.05, 3.63) is 143 Å². The number of benzene rings is 4.